The molecule has 5 rings (SSSR count). The topological polar surface area (TPSA) is 63.9 Å². The van der Waals surface area contributed by atoms with Gasteiger partial charge >= 0.3 is 0 Å². The number of benzene rings is 2. The zero-order valence-electron chi connectivity index (χ0n) is 16.7. The Morgan fingerprint density at radius 1 is 1.23 bits per heavy atom. The predicted octanol–water partition coefficient (Wildman–Crippen LogP) is 4.12. The normalized spacial score (nSPS) is 16.2. The summed E-state index contributed by atoms with van der Waals surface area (Å²) in [4.78, 5) is 19.4. The maximum absolute atomic E-state index is 13.6. The molecule has 152 valence electrons. The second-order valence-electron chi connectivity index (χ2n) is 7.56. The van der Waals surface area contributed by atoms with E-state index in [0.717, 1.165) is 46.2 Å². The zero-order valence-corrected chi connectivity index (χ0v) is 17.5. The third-order valence-electron chi connectivity index (χ3n) is 5.65. The Morgan fingerprint density at radius 2 is 2.07 bits per heavy atom. The van der Waals surface area contributed by atoms with Gasteiger partial charge in [0.2, 0.25) is 11.1 Å². The molecule has 0 spiro atoms. The van der Waals surface area contributed by atoms with Crippen molar-refractivity contribution in [2.75, 3.05) is 10.7 Å². The standard InChI is InChI=1S/C22H20FN5OS/c1-13-7-8-14-11-15(23)9-10-17(14)28(13)19(29)12-30-22-24-21-20(25-26-22)16-5-3-4-6-18(16)27(21)2/h3-6,9-11,13H,7-8,12H2,1-2H3/t13-/m1/s1. The van der Waals surface area contributed by atoms with Crippen molar-refractivity contribution in [2.45, 2.75) is 31.0 Å². The van der Waals surface area contributed by atoms with E-state index >= 15 is 0 Å². The highest BCUT2D eigenvalue weighted by molar-refractivity contribution is 7.99. The predicted molar refractivity (Wildman–Crippen MR) is 116 cm³/mol. The Bertz CT molecular complexity index is 1290. The number of carbonyl (C=O) groups excluding carboxylic acids is 1. The third kappa shape index (κ3) is 3.11. The number of nitrogens with zero attached hydrogens (tertiary/aromatic N) is 5. The van der Waals surface area contributed by atoms with Crippen LogP contribution in [0.15, 0.2) is 47.6 Å². The van der Waals surface area contributed by atoms with Gasteiger partial charge in [0.05, 0.1) is 11.3 Å². The van der Waals surface area contributed by atoms with E-state index in [4.69, 9.17) is 0 Å². The second-order valence-corrected chi connectivity index (χ2v) is 8.50. The molecule has 6 nitrogen and oxygen atoms in total. The fourth-order valence-corrected chi connectivity index (χ4v) is 4.79. The maximum atomic E-state index is 13.6. The summed E-state index contributed by atoms with van der Waals surface area (Å²) in [5.41, 5.74) is 4.21. The van der Waals surface area contributed by atoms with Crippen LogP contribution in [-0.4, -0.2) is 37.5 Å². The first kappa shape index (κ1) is 19.0. The van der Waals surface area contributed by atoms with Crippen LogP contribution in [0.3, 0.4) is 0 Å². The number of anilines is 1. The fourth-order valence-electron chi connectivity index (χ4n) is 4.15. The molecule has 1 atom stereocenters. The lowest BCUT2D eigenvalue weighted by Gasteiger charge is -2.35. The number of carbonyl (C=O) groups is 1. The number of rotatable bonds is 3. The first-order chi connectivity index (χ1) is 14.5. The van der Waals surface area contributed by atoms with Crippen molar-refractivity contribution >= 4 is 45.4 Å². The maximum Gasteiger partial charge on any atom is 0.237 e. The van der Waals surface area contributed by atoms with Crippen molar-refractivity contribution in [3.63, 3.8) is 0 Å². The van der Waals surface area contributed by atoms with E-state index in [9.17, 15) is 9.18 Å². The van der Waals surface area contributed by atoms with Crippen LogP contribution in [0.1, 0.15) is 18.9 Å². The van der Waals surface area contributed by atoms with Crippen LogP contribution in [0.25, 0.3) is 22.1 Å². The lowest BCUT2D eigenvalue weighted by Crippen LogP contribution is -2.43. The van der Waals surface area contributed by atoms with Crippen LogP contribution in [0, 0.1) is 5.82 Å². The molecule has 0 bridgehead atoms. The Balaban J connectivity index is 1.40. The smallest absolute Gasteiger partial charge is 0.237 e. The Morgan fingerprint density at radius 3 is 2.93 bits per heavy atom. The number of aromatic nitrogens is 4. The molecule has 0 aliphatic carbocycles. The molecule has 0 saturated carbocycles. The van der Waals surface area contributed by atoms with Gasteiger partial charge in [-0.25, -0.2) is 9.37 Å². The van der Waals surface area contributed by atoms with Crippen LogP contribution in [0.2, 0.25) is 0 Å². The summed E-state index contributed by atoms with van der Waals surface area (Å²) in [6.45, 7) is 2.02. The van der Waals surface area contributed by atoms with Crippen molar-refractivity contribution in [3.8, 4) is 0 Å². The van der Waals surface area contributed by atoms with Crippen LogP contribution >= 0.6 is 11.8 Å². The quantitative estimate of drug-likeness (QED) is 0.466. The molecule has 2 aromatic heterocycles. The highest BCUT2D eigenvalue weighted by atomic mass is 32.2. The summed E-state index contributed by atoms with van der Waals surface area (Å²) in [5.74, 6) is -0.119. The molecule has 1 aliphatic heterocycles. The summed E-state index contributed by atoms with van der Waals surface area (Å²) >= 11 is 1.27. The van der Waals surface area contributed by atoms with E-state index in [1.54, 1.807) is 11.0 Å². The van der Waals surface area contributed by atoms with Crippen molar-refractivity contribution in [1.82, 2.24) is 19.7 Å². The van der Waals surface area contributed by atoms with Gasteiger partial charge in [0.15, 0.2) is 5.65 Å². The van der Waals surface area contributed by atoms with Crippen LogP contribution in [0.4, 0.5) is 10.1 Å². The van der Waals surface area contributed by atoms with Gasteiger partial charge in [-0.05, 0) is 49.6 Å². The summed E-state index contributed by atoms with van der Waals surface area (Å²) in [7, 11) is 1.95. The van der Waals surface area contributed by atoms with E-state index in [-0.39, 0.29) is 23.5 Å². The molecule has 0 saturated heterocycles. The number of halogens is 1. The summed E-state index contributed by atoms with van der Waals surface area (Å²) < 4.78 is 15.6. The lowest BCUT2D eigenvalue weighted by molar-refractivity contribution is -0.116. The molecular weight excluding hydrogens is 401 g/mol. The Kier molecular flexibility index (Phi) is 4.66. The van der Waals surface area contributed by atoms with Gasteiger partial charge in [-0.15, -0.1) is 10.2 Å². The molecule has 0 unspecified atom stereocenters. The third-order valence-corrected chi connectivity index (χ3v) is 6.48. The first-order valence-electron chi connectivity index (χ1n) is 9.84. The van der Waals surface area contributed by atoms with Gasteiger partial charge in [0.1, 0.15) is 11.3 Å². The van der Waals surface area contributed by atoms with Crippen LogP contribution in [-0.2, 0) is 18.3 Å². The lowest BCUT2D eigenvalue weighted by atomic mass is 9.96. The number of amides is 1. The van der Waals surface area contributed by atoms with Gasteiger partial charge < -0.3 is 9.47 Å². The number of thioether (sulfide) groups is 1. The minimum Gasteiger partial charge on any atom is -0.327 e. The monoisotopic (exact) mass is 421 g/mol. The summed E-state index contributed by atoms with van der Waals surface area (Å²) in [6.07, 6.45) is 1.59. The molecule has 0 radical (unpaired) electrons. The Labute approximate surface area is 177 Å². The average molecular weight is 422 g/mol. The van der Waals surface area contributed by atoms with E-state index in [1.165, 1.54) is 23.9 Å². The minimum atomic E-state index is -0.271. The largest absolute Gasteiger partial charge is 0.327 e. The minimum absolute atomic E-state index is 0.0409. The van der Waals surface area contributed by atoms with Crippen LogP contribution in [0.5, 0.6) is 0 Å². The first-order valence-corrected chi connectivity index (χ1v) is 10.8. The fraction of sp³-hybridized carbons (Fsp3) is 0.273. The van der Waals surface area contributed by atoms with Gasteiger partial charge in [0.25, 0.3) is 0 Å². The van der Waals surface area contributed by atoms with Gasteiger partial charge in [-0.3, -0.25) is 4.79 Å². The number of fused-ring (bicyclic) bond motifs is 4. The van der Waals surface area contributed by atoms with E-state index < -0.39 is 0 Å². The highest BCUT2D eigenvalue weighted by Crippen LogP contribution is 2.32. The Hall–Kier alpha value is -3.00. The molecule has 30 heavy (non-hydrogen) atoms. The molecule has 0 N–H and O–H groups in total. The molecule has 1 aliphatic rings. The number of hydrogen-bond donors (Lipinski definition) is 0. The van der Waals surface area contributed by atoms with Gasteiger partial charge in [-0.1, -0.05) is 30.0 Å². The SMILES string of the molecule is C[C@@H]1CCc2cc(F)ccc2N1C(=O)CSc1nnc2c3ccccc3n(C)c2n1. The van der Waals surface area contributed by atoms with Crippen molar-refractivity contribution < 1.29 is 9.18 Å². The van der Waals surface area contributed by atoms with Crippen molar-refractivity contribution in [3.05, 3.63) is 53.8 Å². The molecule has 8 heteroatoms. The van der Waals surface area contributed by atoms with Crippen LogP contribution < -0.4 is 4.90 Å². The van der Waals surface area contributed by atoms with E-state index in [0.29, 0.717) is 5.16 Å². The zero-order chi connectivity index (χ0) is 20.8. The number of aryl methyl sites for hydroxylation is 2. The highest BCUT2D eigenvalue weighted by Gasteiger charge is 2.28. The molecule has 0 fully saturated rings. The second kappa shape index (κ2) is 7.36. The molecular formula is C22H20FN5OS. The molecule has 3 heterocycles. The molecule has 4 aromatic rings. The molecule has 1 amide bonds. The van der Waals surface area contributed by atoms with Gasteiger partial charge in [0, 0.05) is 24.2 Å². The number of hydrogen-bond acceptors (Lipinski definition) is 5. The average Bonchev–Trinajstić information content (AvgIpc) is 3.04. The number of para-hydroxylation sites is 1. The van der Waals surface area contributed by atoms with Crippen molar-refractivity contribution in [1.29, 1.82) is 0 Å². The molecule has 2 aromatic carbocycles. The summed E-state index contributed by atoms with van der Waals surface area (Å²) in [5, 5.41) is 10.1. The van der Waals surface area contributed by atoms with Crippen molar-refractivity contribution in [2.24, 2.45) is 7.05 Å². The van der Waals surface area contributed by atoms with Gasteiger partial charge in [-0.2, -0.15) is 0 Å². The van der Waals surface area contributed by atoms with E-state index in [2.05, 4.69) is 15.2 Å². The summed E-state index contributed by atoms with van der Waals surface area (Å²) in [6, 6.07) is 12.7. The van der Waals surface area contributed by atoms with E-state index in [1.807, 2.05) is 42.8 Å².